The zero-order valence-corrected chi connectivity index (χ0v) is 14.1. The van der Waals surface area contributed by atoms with Crippen molar-refractivity contribution in [3.8, 4) is 0 Å². The fourth-order valence-electron chi connectivity index (χ4n) is 1.72. The van der Waals surface area contributed by atoms with E-state index in [0.29, 0.717) is 24.8 Å². The number of halogens is 6. The van der Waals surface area contributed by atoms with E-state index in [2.05, 4.69) is 0 Å². The summed E-state index contributed by atoms with van der Waals surface area (Å²) < 4.78 is 38.8. The normalized spacial score (nSPS) is 11.7. The molecule has 0 radical (unpaired) electrons. The number of H-pyrrole nitrogens is 1. The SMILES string of the molecule is O=c1cc(C(F)(F)F)[nH]c(=O)n1Cc1cc(Cl)cc(Cl)c1I. The first kappa shape index (κ1) is 17.4. The maximum Gasteiger partial charge on any atom is 0.431 e. The van der Waals surface area contributed by atoms with Crippen LogP contribution in [-0.4, -0.2) is 9.55 Å². The molecular weight excluding hydrogens is 459 g/mol. The number of hydrogen-bond donors (Lipinski definition) is 1. The first-order valence-corrected chi connectivity index (χ1v) is 7.48. The molecule has 0 atom stereocenters. The van der Waals surface area contributed by atoms with Crippen molar-refractivity contribution in [2.75, 3.05) is 0 Å². The van der Waals surface area contributed by atoms with Crippen LogP contribution in [0.4, 0.5) is 13.2 Å². The average molecular weight is 465 g/mol. The van der Waals surface area contributed by atoms with E-state index in [9.17, 15) is 22.8 Å². The van der Waals surface area contributed by atoms with Crippen molar-refractivity contribution in [1.29, 1.82) is 0 Å². The van der Waals surface area contributed by atoms with E-state index in [1.807, 2.05) is 22.6 Å². The predicted molar refractivity (Wildman–Crippen MR) is 84.6 cm³/mol. The molecule has 0 fully saturated rings. The van der Waals surface area contributed by atoms with Crippen molar-refractivity contribution >= 4 is 45.8 Å². The summed E-state index contributed by atoms with van der Waals surface area (Å²) in [6, 6.07) is 3.30. The Bertz CT molecular complexity index is 814. The molecule has 1 aromatic carbocycles. The van der Waals surface area contributed by atoms with Crippen molar-refractivity contribution in [2.24, 2.45) is 0 Å². The summed E-state index contributed by atoms with van der Waals surface area (Å²) in [6.45, 7) is -0.245. The van der Waals surface area contributed by atoms with Crippen molar-refractivity contribution in [3.63, 3.8) is 0 Å². The van der Waals surface area contributed by atoms with Crippen molar-refractivity contribution in [1.82, 2.24) is 9.55 Å². The van der Waals surface area contributed by atoms with Crippen LogP contribution in [0.1, 0.15) is 11.3 Å². The molecule has 4 nitrogen and oxygen atoms in total. The van der Waals surface area contributed by atoms with Crippen molar-refractivity contribution in [3.05, 3.63) is 63.9 Å². The molecule has 0 aliphatic heterocycles. The monoisotopic (exact) mass is 464 g/mol. The fraction of sp³-hybridized carbons (Fsp3) is 0.167. The molecule has 0 saturated carbocycles. The minimum Gasteiger partial charge on any atom is -0.303 e. The van der Waals surface area contributed by atoms with Gasteiger partial charge in [-0.3, -0.25) is 9.36 Å². The van der Waals surface area contributed by atoms with Crippen LogP contribution in [0.2, 0.25) is 10.0 Å². The van der Waals surface area contributed by atoms with Gasteiger partial charge < -0.3 is 4.98 Å². The van der Waals surface area contributed by atoms with E-state index >= 15 is 0 Å². The largest absolute Gasteiger partial charge is 0.431 e. The molecule has 22 heavy (non-hydrogen) atoms. The lowest BCUT2D eigenvalue weighted by Crippen LogP contribution is -2.37. The average Bonchev–Trinajstić information content (AvgIpc) is 2.37. The van der Waals surface area contributed by atoms with Crippen LogP contribution >= 0.6 is 45.8 Å². The predicted octanol–water partition coefficient (Wildman–Crippen LogP) is 3.52. The Hall–Kier alpha value is -1.000. The van der Waals surface area contributed by atoms with Gasteiger partial charge in [0, 0.05) is 14.7 Å². The van der Waals surface area contributed by atoms with Gasteiger partial charge in [-0.15, -0.1) is 0 Å². The van der Waals surface area contributed by atoms with E-state index < -0.39 is 23.1 Å². The van der Waals surface area contributed by atoms with Gasteiger partial charge in [-0.25, -0.2) is 4.79 Å². The number of rotatable bonds is 2. The second-order valence-electron chi connectivity index (χ2n) is 4.27. The van der Waals surface area contributed by atoms with Gasteiger partial charge in [0.05, 0.1) is 11.6 Å². The van der Waals surface area contributed by atoms with Crippen LogP contribution in [0.5, 0.6) is 0 Å². The van der Waals surface area contributed by atoms with Gasteiger partial charge >= 0.3 is 11.9 Å². The zero-order chi connectivity index (χ0) is 16.7. The highest BCUT2D eigenvalue weighted by Crippen LogP contribution is 2.27. The van der Waals surface area contributed by atoms with Gasteiger partial charge in [-0.1, -0.05) is 23.2 Å². The summed E-state index contributed by atoms with van der Waals surface area (Å²) in [5.74, 6) is 0. The van der Waals surface area contributed by atoms with Crippen LogP contribution in [0.15, 0.2) is 27.8 Å². The number of aromatic nitrogens is 2. The van der Waals surface area contributed by atoms with Gasteiger partial charge in [0.25, 0.3) is 5.56 Å². The lowest BCUT2D eigenvalue weighted by molar-refractivity contribution is -0.141. The van der Waals surface area contributed by atoms with Crippen LogP contribution < -0.4 is 11.2 Å². The first-order chi connectivity index (χ1) is 10.1. The summed E-state index contributed by atoms with van der Waals surface area (Å²) >= 11 is 13.7. The molecule has 1 aromatic heterocycles. The quantitative estimate of drug-likeness (QED) is 0.546. The lowest BCUT2D eigenvalue weighted by atomic mass is 10.2. The summed E-state index contributed by atoms with van der Waals surface area (Å²) in [4.78, 5) is 25.1. The highest BCUT2D eigenvalue weighted by molar-refractivity contribution is 14.1. The summed E-state index contributed by atoms with van der Waals surface area (Å²) in [5, 5.41) is 0.608. The number of alkyl halides is 3. The lowest BCUT2D eigenvalue weighted by Gasteiger charge is -2.11. The Morgan fingerprint density at radius 1 is 1.18 bits per heavy atom. The molecule has 10 heteroatoms. The number of aromatic amines is 1. The Morgan fingerprint density at radius 3 is 2.36 bits per heavy atom. The Kier molecular flexibility index (Phi) is 4.93. The second kappa shape index (κ2) is 6.25. The van der Waals surface area contributed by atoms with Crippen LogP contribution in [0.25, 0.3) is 0 Å². The number of nitrogens with one attached hydrogen (secondary N) is 1. The van der Waals surface area contributed by atoms with Crippen molar-refractivity contribution in [2.45, 2.75) is 12.7 Å². The van der Waals surface area contributed by atoms with E-state index in [1.54, 1.807) is 4.98 Å². The molecular formula is C12H6Cl2F3IN2O2. The summed E-state index contributed by atoms with van der Waals surface area (Å²) in [7, 11) is 0. The smallest absolute Gasteiger partial charge is 0.303 e. The Morgan fingerprint density at radius 2 is 1.82 bits per heavy atom. The van der Waals surface area contributed by atoms with E-state index in [-0.39, 0.29) is 11.6 Å². The Labute approximate surface area is 145 Å². The first-order valence-electron chi connectivity index (χ1n) is 5.64. The minimum absolute atomic E-state index is 0.245. The zero-order valence-electron chi connectivity index (χ0n) is 10.5. The molecule has 0 aliphatic carbocycles. The number of benzene rings is 1. The van der Waals surface area contributed by atoms with E-state index in [4.69, 9.17) is 23.2 Å². The summed E-state index contributed by atoms with van der Waals surface area (Å²) in [5.41, 5.74) is -3.17. The second-order valence-corrected chi connectivity index (χ2v) is 6.19. The van der Waals surface area contributed by atoms with Gasteiger partial charge in [0.1, 0.15) is 5.69 Å². The van der Waals surface area contributed by atoms with Gasteiger partial charge in [0.2, 0.25) is 0 Å². The molecule has 1 heterocycles. The molecule has 2 rings (SSSR count). The third-order valence-electron chi connectivity index (χ3n) is 2.72. The fourth-order valence-corrected chi connectivity index (χ4v) is 2.73. The minimum atomic E-state index is -4.80. The van der Waals surface area contributed by atoms with Crippen LogP contribution in [0.3, 0.4) is 0 Å². The highest BCUT2D eigenvalue weighted by Gasteiger charge is 2.32. The molecule has 1 N–H and O–H groups in total. The van der Waals surface area contributed by atoms with E-state index in [1.165, 1.54) is 12.1 Å². The maximum absolute atomic E-state index is 12.5. The number of hydrogen-bond acceptors (Lipinski definition) is 2. The molecule has 2 aromatic rings. The summed E-state index contributed by atoms with van der Waals surface area (Å²) in [6.07, 6.45) is -4.80. The topological polar surface area (TPSA) is 54.9 Å². The molecule has 0 saturated heterocycles. The van der Waals surface area contributed by atoms with Gasteiger partial charge in [0.15, 0.2) is 0 Å². The molecule has 0 unspecified atom stereocenters. The highest BCUT2D eigenvalue weighted by atomic mass is 127. The molecule has 118 valence electrons. The Balaban J connectivity index is 2.53. The third kappa shape index (κ3) is 3.66. The van der Waals surface area contributed by atoms with Gasteiger partial charge in [-0.2, -0.15) is 13.2 Å². The van der Waals surface area contributed by atoms with E-state index in [0.717, 1.165) is 0 Å². The molecule has 0 aliphatic rings. The maximum atomic E-state index is 12.5. The van der Waals surface area contributed by atoms with Crippen LogP contribution in [0, 0.1) is 3.57 Å². The van der Waals surface area contributed by atoms with Gasteiger partial charge in [-0.05, 0) is 40.3 Å². The van der Waals surface area contributed by atoms with Crippen LogP contribution in [-0.2, 0) is 12.7 Å². The molecule has 0 amide bonds. The van der Waals surface area contributed by atoms with Crippen molar-refractivity contribution < 1.29 is 13.2 Å². The standard InChI is InChI=1S/C12H6Cl2F3IN2O2/c13-6-1-5(10(18)7(14)2-6)4-20-9(21)3-8(12(15,16)17)19-11(20)22/h1-3H,4H2,(H,19,22). The molecule has 0 bridgehead atoms. The third-order valence-corrected chi connectivity index (χ3v) is 4.83. The number of nitrogens with zero attached hydrogens (tertiary/aromatic N) is 1. The molecule has 0 spiro atoms.